The quantitative estimate of drug-likeness (QED) is 0.831. The number of ether oxygens (including phenoxy) is 1. The van der Waals surface area contributed by atoms with Crippen LogP contribution in [0.2, 0.25) is 0 Å². The van der Waals surface area contributed by atoms with Crippen molar-refractivity contribution in [3.63, 3.8) is 0 Å². The van der Waals surface area contributed by atoms with E-state index in [9.17, 15) is 0 Å². The van der Waals surface area contributed by atoms with E-state index in [4.69, 9.17) is 4.74 Å². The Bertz CT molecular complexity index is 389. The monoisotopic (exact) mass is 277 g/mol. The van der Waals surface area contributed by atoms with Gasteiger partial charge in [-0.25, -0.2) is 4.98 Å². The van der Waals surface area contributed by atoms with Crippen LogP contribution in [0, 0.1) is 5.92 Å². The Labute approximate surface area is 122 Å². The number of anilines is 1. The van der Waals surface area contributed by atoms with Gasteiger partial charge in [0.1, 0.15) is 5.82 Å². The molecule has 0 aromatic carbocycles. The standard InChI is InChI=1S/C16H27N3O/c1-3-7-17-16-11-15(4-8-18-16)12-19-9-5-14(6-10-19)13-20-2/h4,8,11,14H,3,5-7,9-10,12-13H2,1-2H3,(H,17,18). The first-order chi connectivity index (χ1) is 9.81. The number of nitrogens with one attached hydrogen (secondary N) is 1. The van der Waals surface area contributed by atoms with Gasteiger partial charge < -0.3 is 10.1 Å². The van der Waals surface area contributed by atoms with Crippen molar-refractivity contribution in [2.75, 3.05) is 38.7 Å². The topological polar surface area (TPSA) is 37.4 Å². The van der Waals surface area contributed by atoms with E-state index in [-0.39, 0.29) is 0 Å². The van der Waals surface area contributed by atoms with Gasteiger partial charge in [-0.05, 0) is 56.0 Å². The molecule has 1 saturated heterocycles. The molecule has 1 fully saturated rings. The van der Waals surface area contributed by atoms with Crippen molar-refractivity contribution in [2.24, 2.45) is 5.92 Å². The molecule has 1 N–H and O–H groups in total. The van der Waals surface area contributed by atoms with Crippen LogP contribution in [-0.4, -0.2) is 43.2 Å². The lowest BCUT2D eigenvalue weighted by molar-refractivity contribution is 0.0968. The lowest BCUT2D eigenvalue weighted by Crippen LogP contribution is -2.34. The fourth-order valence-electron chi connectivity index (χ4n) is 2.73. The molecular weight excluding hydrogens is 250 g/mol. The molecule has 0 spiro atoms. The largest absolute Gasteiger partial charge is 0.384 e. The number of likely N-dealkylation sites (tertiary alicyclic amines) is 1. The molecule has 112 valence electrons. The SMILES string of the molecule is CCCNc1cc(CN2CCC(COC)CC2)ccn1. The number of hydrogen-bond donors (Lipinski definition) is 1. The van der Waals surface area contributed by atoms with Crippen molar-refractivity contribution in [3.05, 3.63) is 23.9 Å². The van der Waals surface area contributed by atoms with Gasteiger partial charge in [0.2, 0.25) is 0 Å². The number of rotatable bonds is 7. The van der Waals surface area contributed by atoms with Crippen LogP contribution in [0.25, 0.3) is 0 Å². The first-order valence-corrected chi connectivity index (χ1v) is 7.72. The van der Waals surface area contributed by atoms with E-state index in [0.29, 0.717) is 0 Å². The molecular formula is C16H27N3O. The minimum Gasteiger partial charge on any atom is -0.384 e. The third-order valence-corrected chi connectivity index (χ3v) is 3.90. The van der Waals surface area contributed by atoms with Gasteiger partial charge in [-0.2, -0.15) is 0 Å². The highest BCUT2D eigenvalue weighted by molar-refractivity contribution is 5.37. The summed E-state index contributed by atoms with van der Waals surface area (Å²) in [7, 11) is 1.80. The summed E-state index contributed by atoms with van der Waals surface area (Å²) in [5, 5.41) is 3.35. The highest BCUT2D eigenvalue weighted by Crippen LogP contribution is 2.19. The van der Waals surface area contributed by atoms with Crippen molar-refractivity contribution in [2.45, 2.75) is 32.7 Å². The van der Waals surface area contributed by atoms with E-state index in [2.05, 4.69) is 34.3 Å². The number of methoxy groups -OCH3 is 1. The second-order valence-electron chi connectivity index (χ2n) is 5.65. The molecule has 1 aromatic heterocycles. The molecule has 20 heavy (non-hydrogen) atoms. The molecule has 0 saturated carbocycles. The summed E-state index contributed by atoms with van der Waals surface area (Å²) in [6, 6.07) is 4.30. The van der Waals surface area contributed by atoms with Gasteiger partial charge in [0.15, 0.2) is 0 Å². The maximum absolute atomic E-state index is 5.25. The van der Waals surface area contributed by atoms with Gasteiger partial charge in [0.05, 0.1) is 0 Å². The van der Waals surface area contributed by atoms with Gasteiger partial charge in [-0.15, -0.1) is 0 Å². The summed E-state index contributed by atoms with van der Waals surface area (Å²) in [5.41, 5.74) is 1.35. The number of piperidine rings is 1. The van der Waals surface area contributed by atoms with Crippen molar-refractivity contribution >= 4 is 5.82 Å². The Morgan fingerprint density at radius 3 is 2.90 bits per heavy atom. The molecule has 0 unspecified atom stereocenters. The number of nitrogens with zero attached hydrogens (tertiary/aromatic N) is 2. The van der Waals surface area contributed by atoms with Crippen LogP contribution in [0.4, 0.5) is 5.82 Å². The third kappa shape index (κ3) is 4.76. The first kappa shape index (κ1) is 15.3. The zero-order chi connectivity index (χ0) is 14.2. The fourth-order valence-corrected chi connectivity index (χ4v) is 2.73. The second kappa shape index (κ2) is 8.22. The maximum Gasteiger partial charge on any atom is 0.126 e. The maximum atomic E-state index is 5.25. The Kier molecular flexibility index (Phi) is 6.27. The Morgan fingerprint density at radius 2 is 2.20 bits per heavy atom. The van der Waals surface area contributed by atoms with E-state index in [0.717, 1.165) is 37.9 Å². The molecule has 0 amide bonds. The highest BCUT2D eigenvalue weighted by atomic mass is 16.5. The van der Waals surface area contributed by atoms with Crippen LogP contribution in [0.3, 0.4) is 0 Å². The molecule has 0 bridgehead atoms. The van der Waals surface area contributed by atoms with E-state index in [1.165, 1.54) is 31.5 Å². The van der Waals surface area contributed by atoms with Crippen LogP contribution >= 0.6 is 0 Å². The molecule has 1 aliphatic rings. The molecule has 0 aliphatic carbocycles. The van der Waals surface area contributed by atoms with E-state index >= 15 is 0 Å². The molecule has 1 aromatic rings. The predicted molar refractivity (Wildman–Crippen MR) is 82.9 cm³/mol. The van der Waals surface area contributed by atoms with Crippen LogP contribution < -0.4 is 5.32 Å². The van der Waals surface area contributed by atoms with Gasteiger partial charge >= 0.3 is 0 Å². The zero-order valence-electron chi connectivity index (χ0n) is 12.8. The average molecular weight is 277 g/mol. The summed E-state index contributed by atoms with van der Waals surface area (Å²) >= 11 is 0. The van der Waals surface area contributed by atoms with E-state index in [1.807, 2.05) is 6.20 Å². The molecule has 2 rings (SSSR count). The van der Waals surface area contributed by atoms with Gasteiger partial charge in [0, 0.05) is 33.0 Å². The second-order valence-corrected chi connectivity index (χ2v) is 5.65. The zero-order valence-corrected chi connectivity index (χ0v) is 12.8. The molecule has 1 aliphatic heterocycles. The lowest BCUT2D eigenvalue weighted by atomic mass is 9.97. The predicted octanol–water partition coefficient (Wildman–Crippen LogP) is 2.76. The molecule has 0 atom stereocenters. The molecule has 4 heteroatoms. The molecule has 4 nitrogen and oxygen atoms in total. The normalized spacial score (nSPS) is 17.3. The van der Waals surface area contributed by atoms with Crippen molar-refractivity contribution in [1.82, 2.24) is 9.88 Å². The van der Waals surface area contributed by atoms with Crippen LogP contribution in [0.5, 0.6) is 0 Å². The summed E-state index contributed by atoms with van der Waals surface area (Å²) in [5.74, 6) is 1.74. The first-order valence-electron chi connectivity index (χ1n) is 7.72. The minimum absolute atomic E-state index is 0.746. The minimum atomic E-state index is 0.746. The Hall–Kier alpha value is -1.13. The van der Waals surface area contributed by atoms with Gasteiger partial charge in [-0.1, -0.05) is 6.92 Å². The lowest BCUT2D eigenvalue weighted by Gasteiger charge is -2.31. The van der Waals surface area contributed by atoms with Crippen molar-refractivity contribution in [1.29, 1.82) is 0 Å². The van der Waals surface area contributed by atoms with Crippen LogP contribution in [0.15, 0.2) is 18.3 Å². The van der Waals surface area contributed by atoms with E-state index < -0.39 is 0 Å². The summed E-state index contributed by atoms with van der Waals surface area (Å²) in [6.45, 7) is 7.44. The smallest absolute Gasteiger partial charge is 0.126 e. The average Bonchev–Trinajstić information content (AvgIpc) is 2.48. The summed E-state index contributed by atoms with van der Waals surface area (Å²) in [6.07, 6.45) is 5.53. The number of pyridine rings is 1. The fraction of sp³-hybridized carbons (Fsp3) is 0.688. The van der Waals surface area contributed by atoms with Crippen molar-refractivity contribution in [3.8, 4) is 0 Å². The summed E-state index contributed by atoms with van der Waals surface area (Å²) in [4.78, 5) is 6.89. The van der Waals surface area contributed by atoms with Crippen molar-refractivity contribution < 1.29 is 4.74 Å². The van der Waals surface area contributed by atoms with E-state index in [1.54, 1.807) is 7.11 Å². The Morgan fingerprint density at radius 1 is 1.40 bits per heavy atom. The summed E-state index contributed by atoms with van der Waals surface area (Å²) < 4.78 is 5.25. The van der Waals surface area contributed by atoms with Gasteiger partial charge in [0.25, 0.3) is 0 Å². The highest BCUT2D eigenvalue weighted by Gasteiger charge is 2.18. The third-order valence-electron chi connectivity index (χ3n) is 3.90. The van der Waals surface area contributed by atoms with Crippen LogP contribution in [-0.2, 0) is 11.3 Å². The number of hydrogen-bond acceptors (Lipinski definition) is 4. The Balaban J connectivity index is 1.81. The van der Waals surface area contributed by atoms with Crippen LogP contribution in [0.1, 0.15) is 31.7 Å². The van der Waals surface area contributed by atoms with Gasteiger partial charge in [-0.3, -0.25) is 4.90 Å². The number of aromatic nitrogens is 1. The molecule has 2 heterocycles. The molecule has 0 radical (unpaired) electrons.